The molecule has 0 bridgehead atoms. The maximum atomic E-state index is 12.0. The first kappa shape index (κ1) is 17.1. The Bertz CT molecular complexity index is 816. The van der Waals surface area contributed by atoms with E-state index in [1.54, 1.807) is 6.20 Å². The van der Waals surface area contributed by atoms with Crippen molar-refractivity contribution in [3.05, 3.63) is 76.0 Å². The number of carbonyl (C=O) groups is 1. The predicted octanol–water partition coefficient (Wildman–Crippen LogP) is 3.28. The molecule has 1 amide bonds. The van der Waals surface area contributed by atoms with E-state index in [1.807, 2.05) is 54.8 Å². The Morgan fingerprint density at radius 2 is 2.04 bits per heavy atom. The number of carbonyl (C=O) groups excluding carboxylic acids is 1. The van der Waals surface area contributed by atoms with Crippen LogP contribution >= 0.6 is 11.3 Å². The van der Waals surface area contributed by atoms with E-state index in [0.29, 0.717) is 18.9 Å². The van der Waals surface area contributed by atoms with Gasteiger partial charge < -0.3 is 10.1 Å². The molecule has 0 saturated carbocycles. The summed E-state index contributed by atoms with van der Waals surface area (Å²) in [5, 5.41) is 5.64. The molecule has 2 heterocycles. The van der Waals surface area contributed by atoms with Crippen molar-refractivity contribution in [2.75, 3.05) is 0 Å². The van der Waals surface area contributed by atoms with Gasteiger partial charge in [-0.05, 0) is 24.6 Å². The lowest BCUT2D eigenvalue weighted by molar-refractivity contribution is -0.120. The molecular weight excluding hydrogens is 334 g/mol. The molecule has 1 N–H and O–H groups in total. The van der Waals surface area contributed by atoms with E-state index in [1.165, 1.54) is 11.3 Å². The molecule has 2 aromatic heterocycles. The minimum Gasteiger partial charge on any atom is -0.485 e. The van der Waals surface area contributed by atoms with Crippen molar-refractivity contribution in [2.45, 2.75) is 26.5 Å². The second-order valence-electron chi connectivity index (χ2n) is 5.60. The Hall–Kier alpha value is -2.73. The highest BCUT2D eigenvalue weighted by molar-refractivity contribution is 7.09. The van der Waals surface area contributed by atoms with Crippen LogP contribution in [0.5, 0.6) is 5.75 Å². The first-order chi connectivity index (χ1) is 12.2. The number of aromatic nitrogens is 2. The molecule has 1 aromatic carbocycles. The Morgan fingerprint density at radius 3 is 2.80 bits per heavy atom. The van der Waals surface area contributed by atoms with E-state index in [0.717, 1.165) is 22.0 Å². The number of rotatable bonds is 7. The van der Waals surface area contributed by atoms with Crippen molar-refractivity contribution in [3.63, 3.8) is 0 Å². The molecule has 0 aliphatic heterocycles. The fraction of sp³-hybridized carbons (Fsp3) is 0.211. The molecule has 25 heavy (non-hydrogen) atoms. The maximum absolute atomic E-state index is 12.0. The zero-order valence-corrected chi connectivity index (χ0v) is 14.8. The predicted molar refractivity (Wildman–Crippen MR) is 97.4 cm³/mol. The summed E-state index contributed by atoms with van der Waals surface area (Å²) >= 11 is 1.49. The standard InChI is InChI=1S/C19H19N3O2S/c1-14-7-8-17(11-20-14)24-12-19-22-16(13-25-19)9-18(23)21-10-15-5-3-2-4-6-15/h2-8,11,13H,9-10,12H2,1H3,(H,21,23). The molecule has 3 rings (SSSR count). The Morgan fingerprint density at radius 1 is 1.20 bits per heavy atom. The summed E-state index contributed by atoms with van der Waals surface area (Å²) < 4.78 is 5.66. The fourth-order valence-corrected chi connectivity index (χ4v) is 2.91. The summed E-state index contributed by atoms with van der Waals surface area (Å²) in [5.74, 6) is 0.673. The zero-order chi connectivity index (χ0) is 17.5. The molecule has 3 aromatic rings. The van der Waals surface area contributed by atoms with Crippen LogP contribution in [0.1, 0.15) is 22.0 Å². The summed E-state index contributed by atoms with van der Waals surface area (Å²) in [6.07, 6.45) is 1.97. The number of thiazole rings is 1. The van der Waals surface area contributed by atoms with Gasteiger partial charge >= 0.3 is 0 Å². The van der Waals surface area contributed by atoms with Crippen molar-refractivity contribution in [3.8, 4) is 5.75 Å². The smallest absolute Gasteiger partial charge is 0.226 e. The number of hydrogen-bond donors (Lipinski definition) is 1. The third-order valence-corrected chi connectivity index (χ3v) is 4.39. The van der Waals surface area contributed by atoms with Crippen molar-refractivity contribution < 1.29 is 9.53 Å². The average Bonchev–Trinajstić information content (AvgIpc) is 3.08. The molecule has 0 saturated heterocycles. The second-order valence-corrected chi connectivity index (χ2v) is 6.54. The molecule has 0 atom stereocenters. The van der Waals surface area contributed by atoms with Crippen LogP contribution in [0.3, 0.4) is 0 Å². The summed E-state index contributed by atoms with van der Waals surface area (Å²) in [6.45, 7) is 2.83. The number of nitrogens with one attached hydrogen (secondary N) is 1. The molecule has 0 fully saturated rings. The number of amides is 1. The molecule has 0 radical (unpaired) electrons. The van der Waals surface area contributed by atoms with Crippen LogP contribution in [0.2, 0.25) is 0 Å². The second kappa shape index (κ2) is 8.39. The Kier molecular flexibility index (Phi) is 5.74. The van der Waals surface area contributed by atoms with Gasteiger partial charge in [0.15, 0.2) is 0 Å². The van der Waals surface area contributed by atoms with Crippen LogP contribution in [-0.4, -0.2) is 15.9 Å². The van der Waals surface area contributed by atoms with E-state index in [9.17, 15) is 4.79 Å². The number of aryl methyl sites for hydroxylation is 1. The topological polar surface area (TPSA) is 64.1 Å². The highest BCUT2D eigenvalue weighted by Gasteiger charge is 2.08. The van der Waals surface area contributed by atoms with Crippen LogP contribution in [-0.2, 0) is 24.4 Å². The molecule has 0 spiro atoms. The van der Waals surface area contributed by atoms with Gasteiger partial charge in [-0.15, -0.1) is 11.3 Å². The molecule has 0 aliphatic rings. The van der Waals surface area contributed by atoms with Gasteiger partial charge in [-0.3, -0.25) is 9.78 Å². The van der Waals surface area contributed by atoms with E-state index >= 15 is 0 Å². The van der Waals surface area contributed by atoms with Crippen LogP contribution in [0, 0.1) is 6.92 Å². The lowest BCUT2D eigenvalue weighted by Gasteiger charge is -2.04. The fourth-order valence-electron chi connectivity index (χ4n) is 2.20. The summed E-state index contributed by atoms with van der Waals surface area (Å²) in [7, 11) is 0. The SMILES string of the molecule is Cc1ccc(OCc2nc(CC(=O)NCc3ccccc3)cs2)cn1. The lowest BCUT2D eigenvalue weighted by atomic mass is 10.2. The van der Waals surface area contributed by atoms with Crippen molar-refractivity contribution in [1.82, 2.24) is 15.3 Å². The lowest BCUT2D eigenvalue weighted by Crippen LogP contribution is -2.24. The number of benzene rings is 1. The quantitative estimate of drug-likeness (QED) is 0.708. The van der Waals surface area contributed by atoms with Gasteiger partial charge in [0.1, 0.15) is 17.4 Å². The first-order valence-electron chi connectivity index (χ1n) is 7.98. The minimum absolute atomic E-state index is 0.0376. The maximum Gasteiger partial charge on any atom is 0.226 e. The van der Waals surface area contributed by atoms with Gasteiger partial charge in [-0.2, -0.15) is 0 Å². The average molecular weight is 353 g/mol. The van der Waals surface area contributed by atoms with Crippen LogP contribution in [0.15, 0.2) is 54.0 Å². The third kappa shape index (κ3) is 5.39. The van der Waals surface area contributed by atoms with E-state index in [4.69, 9.17) is 4.74 Å². The molecule has 5 nitrogen and oxygen atoms in total. The molecule has 128 valence electrons. The van der Waals surface area contributed by atoms with Gasteiger partial charge in [-0.1, -0.05) is 30.3 Å². The van der Waals surface area contributed by atoms with Gasteiger partial charge in [-0.25, -0.2) is 4.98 Å². The van der Waals surface area contributed by atoms with Gasteiger partial charge in [0.05, 0.1) is 18.3 Å². The minimum atomic E-state index is -0.0376. The number of nitrogens with zero attached hydrogens (tertiary/aromatic N) is 2. The summed E-state index contributed by atoms with van der Waals surface area (Å²) in [4.78, 5) is 20.7. The Labute approximate surface area is 150 Å². The van der Waals surface area contributed by atoms with Crippen LogP contribution < -0.4 is 10.1 Å². The molecule has 6 heteroatoms. The van der Waals surface area contributed by atoms with Crippen molar-refractivity contribution >= 4 is 17.2 Å². The zero-order valence-electron chi connectivity index (χ0n) is 13.9. The van der Waals surface area contributed by atoms with E-state index in [-0.39, 0.29) is 12.3 Å². The van der Waals surface area contributed by atoms with Gasteiger partial charge in [0.2, 0.25) is 5.91 Å². The highest BCUT2D eigenvalue weighted by Crippen LogP contribution is 2.15. The van der Waals surface area contributed by atoms with Gasteiger partial charge in [0.25, 0.3) is 0 Å². The first-order valence-corrected chi connectivity index (χ1v) is 8.86. The molecular formula is C19H19N3O2S. The van der Waals surface area contributed by atoms with Crippen LogP contribution in [0.4, 0.5) is 0 Å². The number of hydrogen-bond acceptors (Lipinski definition) is 5. The van der Waals surface area contributed by atoms with Crippen molar-refractivity contribution in [1.29, 1.82) is 0 Å². The van der Waals surface area contributed by atoms with E-state index < -0.39 is 0 Å². The summed E-state index contributed by atoms with van der Waals surface area (Å²) in [5.41, 5.74) is 2.79. The third-order valence-electron chi connectivity index (χ3n) is 3.52. The summed E-state index contributed by atoms with van der Waals surface area (Å²) in [6, 6.07) is 13.6. The molecule has 0 aliphatic carbocycles. The normalized spacial score (nSPS) is 10.4. The van der Waals surface area contributed by atoms with Crippen LogP contribution in [0.25, 0.3) is 0 Å². The van der Waals surface area contributed by atoms with E-state index in [2.05, 4.69) is 15.3 Å². The largest absolute Gasteiger partial charge is 0.485 e. The molecule has 0 unspecified atom stereocenters. The number of ether oxygens (including phenoxy) is 1. The monoisotopic (exact) mass is 353 g/mol. The van der Waals surface area contributed by atoms with Gasteiger partial charge in [0, 0.05) is 17.6 Å². The van der Waals surface area contributed by atoms with Crippen molar-refractivity contribution in [2.24, 2.45) is 0 Å². The Balaban J connectivity index is 1.46. The number of pyridine rings is 1. The highest BCUT2D eigenvalue weighted by atomic mass is 32.1.